The highest BCUT2D eigenvalue weighted by Gasteiger charge is 2.29. The summed E-state index contributed by atoms with van der Waals surface area (Å²) in [5.41, 5.74) is 0.837. The molecular formula is C19H21FN6O2S. The lowest BCUT2D eigenvalue weighted by Crippen LogP contribution is -2.34. The Balaban J connectivity index is 1.61. The number of benzene rings is 1. The third kappa shape index (κ3) is 3.90. The fraction of sp³-hybridized carbons (Fsp3) is 0.368. The second kappa shape index (κ2) is 7.96. The molecule has 1 N–H and O–H groups in total. The van der Waals surface area contributed by atoms with Gasteiger partial charge in [0.2, 0.25) is 5.91 Å². The molecule has 152 valence electrons. The smallest absolute Gasteiger partial charge is 0.265 e. The van der Waals surface area contributed by atoms with Crippen LogP contribution in [-0.2, 0) is 4.79 Å². The van der Waals surface area contributed by atoms with Gasteiger partial charge in [-0.1, -0.05) is 11.8 Å². The molecule has 0 bridgehead atoms. The van der Waals surface area contributed by atoms with E-state index >= 15 is 0 Å². The number of fused-ring (bicyclic) bond motifs is 2. The van der Waals surface area contributed by atoms with E-state index in [0.717, 1.165) is 6.54 Å². The van der Waals surface area contributed by atoms with Gasteiger partial charge in [0.1, 0.15) is 11.2 Å². The van der Waals surface area contributed by atoms with Crippen molar-refractivity contribution in [1.82, 2.24) is 29.5 Å². The number of halogens is 1. The van der Waals surface area contributed by atoms with Crippen molar-refractivity contribution in [1.29, 1.82) is 0 Å². The summed E-state index contributed by atoms with van der Waals surface area (Å²) < 4.78 is 16.3. The van der Waals surface area contributed by atoms with Crippen molar-refractivity contribution in [3.63, 3.8) is 0 Å². The predicted molar refractivity (Wildman–Crippen MR) is 109 cm³/mol. The maximum absolute atomic E-state index is 13.2. The number of hydrogen-bond donors (Lipinski definition) is 1. The van der Waals surface area contributed by atoms with E-state index in [-0.39, 0.29) is 29.7 Å². The maximum atomic E-state index is 13.2. The molecule has 1 aliphatic heterocycles. The van der Waals surface area contributed by atoms with E-state index in [1.807, 2.05) is 19.0 Å². The van der Waals surface area contributed by atoms with Crippen LogP contribution in [0.5, 0.6) is 0 Å². The van der Waals surface area contributed by atoms with Crippen LogP contribution in [0.4, 0.5) is 4.39 Å². The summed E-state index contributed by atoms with van der Waals surface area (Å²) in [6, 6.07) is 5.60. The highest BCUT2D eigenvalue weighted by Crippen LogP contribution is 2.33. The monoisotopic (exact) mass is 416 g/mol. The first-order valence-electron chi connectivity index (χ1n) is 9.24. The summed E-state index contributed by atoms with van der Waals surface area (Å²) in [5.74, 6) is 0.181. The molecule has 29 heavy (non-hydrogen) atoms. The minimum Gasteiger partial charge on any atom is -0.355 e. The van der Waals surface area contributed by atoms with Crippen molar-refractivity contribution in [2.75, 3.05) is 32.9 Å². The molecule has 1 aromatic carbocycles. The van der Waals surface area contributed by atoms with Crippen molar-refractivity contribution < 1.29 is 9.18 Å². The second-order valence-electron chi connectivity index (χ2n) is 7.16. The zero-order valence-corrected chi connectivity index (χ0v) is 16.9. The van der Waals surface area contributed by atoms with Gasteiger partial charge in [0.05, 0.1) is 17.9 Å². The number of likely N-dealkylation sites (N-methyl/N-ethyl adjacent to an activating group) is 1. The van der Waals surface area contributed by atoms with Crippen LogP contribution in [0.25, 0.3) is 16.7 Å². The molecule has 0 saturated heterocycles. The van der Waals surface area contributed by atoms with Gasteiger partial charge in [-0.3, -0.25) is 14.2 Å². The molecule has 0 spiro atoms. The SMILES string of the molecule is CN(C)CCNC(=O)C[C@H]1CSc2nc3c(cnn3-c3ccc(F)cc3)c(=O)n21. The van der Waals surface area contributed by atoms with Gasteiger partial charge >= 0.3 is 0 Å². The van der Waals surface area contributed by atoms with Crippen molar-refractivity contribution >= 4 is 28.7 Å². The van der Waals surface area contributed by atoms with Gasteiger partial charge in [0.25, 0.3) is 5.56 Å². The van der Waals surface area contributed by atoms with E-state index < -0.39 is 0 Å². The summed E-state index contributed by atoms with van der Waals surface area (Å²) in [4.78, 5) is 31.9. The van der Waals surface area contributed by atoms with Crippen molar-refractivity contribution in [3.8, 4) is 5.69 Å². The Bertz CT molecular complexity index is 1110. The molecule has 0 unspecified atom stereocenters. The maximum Gasteiger partial charge on any atom is 0.265 e. The third-order valence-corrected chi connectivity index (χ3v) is 5.84. The van der Waals surface area contributed by atoms with Crippen LogP contribution in [-0.4, -0.2) is 63.1 Å². The van der Waals surface area contributed by atoms with Crippen LogP contribution in [0.2, 0.25) is 0 Å². The lowest BCUT2D eigenvalue weighted by atomic mass is 10.2. The zero-order chi connectivity index (χ0) is 20.5. The van der Waals surface area contributed by atoms with E-state index in [9.17, 15) is 14.0 Å². The number of rotatable bonds is 6. The molecule has 0 aliphatic carbocycles. The minimum atomic E-state index is -0.346. The van der Waals surface area contributed by atoms with Gasteiger partial charge in [-0.15, -0.1) is 0 Å². The third-order valence-electron chi connectivity index (χ3n) is 4.74. The normalized spacial score (nSPS) is 15.8. The molecule has 1 atom stereocenters. The molecule has 0 saturated carbocycles. The molecule has 0 fully saturated rings. The summed E-state index contributed by atoms with van der Waals surface area (Å²) in [5, 5.41) is 8.09. The van der Waals surface area contributed by atoms with Crippen molar-refractivity contribution in [3.05, 3.63) is 46.6 Å². The van der Waals surface area contributed by atoms with Crippen molar-refractivity contribution in [2.45, 2.75) is 17.6 Å². The van der Waals surface area contributed by atoms with E-state index in [1.165, 1.54) is 34.8 Å². The van der Waals surface area contributed by atoms with E-state index in [4.69, 9.17) is 0 Å². The first-order chi connectivity index (χ1) is 13.9. The Morgan fingerprint density at radius 2 is 2.10 bits per heavy atom. The average Bonchev–Trinajstić information content (AvgIpc) is 3.27. The standard InChI is InChI=1S/C19H21FN6O2S/c1-24(2)8-7-21-16(27)9-14-11-29-19-23-17-15(18(28)25(14)19)10-22-26(17)13-5-3-12(20)4-6-13/h3-6,10,14H,7-9,11H2,1-2H3,(H,21,27)/t14-/m0/s1. The number of nitrogens with one attached hydrogen (secondary N) is 1. The second-order valence-corrected chi connectivity index (χ2v) is 8.15. The highest BCUT2D eigenvalue weighted by molar-refractivity contribution is 7.99. The molecule has 0 radical (unpaired) electrons. The fourth-order valence-corrected chi connectivity index (χ4v) is 4.39. The quantitative estimate of drug-likeness (QED) is 0.612. The van der Waals surface area contributed by atoms with Crippen LogP contribution in [0.3, 0.4) is 0 Å². The van der Waals surface area contributed by atoms with Gasteiger partial charge in [0.15, 0.2) is 10.8 Å². The van der Waals surface area contributed by atoms with Crippen LogP contribution >= 0.6 is 11.8 Å². The number of carbonyl (C=O) groups excluding carboxylic acids is 1. The molecule has 4 rings (SSSR count). The lowest BCUT2D eigenvalue weighted by molar-refractivity contribution is -0.121. The van der Waals surface area contributed by atoms with Gasteiger partial charge in [-0.25, -0.2) is 14.1 Å². The van der Waals surface area contributed by atoms with Crippen LogP contribution in [0.15, 0.2) is 40.4 Å². The summed E-state index contributed by atoms with van der Waals surface area (Å²) in [6.45, 7) is 1.32. The number of hydrogen-bond acceptors (Lipinski definition) is 6. The molecular weight excluding hydrogens is 395 g/mol. The summed E-state index contributed by atoms with van der Waals surface area (Å²) in [6.07, 6.45) is 1.70. The Kier molecular flexibility index (Phi) is 5.37. The molecule has 3 heterocycles. The highest BCUT2D eigenvalue weighted by atomic mass is 32.2. The average molecular weight is 416 g/mol. The topological polar surface area (TPSA) is 85.1 Å². The van der Waals surface area contributed by atoms with E-state index in [2.05, 4.69) is 15.4 Å². The van der Waals surface area contributed by atoms with E-state index in [1.54, 1.807) is 16.7 Å². The summed E-state index contributed by atoms with van der Waals surface area (Å²) in [7, 11) is 3.89. The van der Waals surface area contributed by atoms with Crippen LogP contribution in [0.1, 0.15) is 12.5 Å². The first kappa shape index (κ1) is 19.6. The lowest BCUT2D eigenvalue weighted by Gasteiger charge is -2.14. The van der Waals surface area contributed by atoms with E-state index in [0.29, 0.717) is 34.2 Å². The van der Waals surface area contributed by atoms with Crippen molar-refractivity contribution in [2.24, 2.45) is 0 Å². The Morgan fingerprint density at radius 1 is 1.34 bits per heavy atom. The molecule has 8 nitrogen and oxygen atoms in total. The summed E-state index contributed by atoms with van der Waals surface area (Å²) >= 11 is 1.45. The predicted octanol–water partition coefficient (Wildman–Crippen LogP) is 1.44. The first-order valence-corrected chi connectivity index (χ1v) is 10.2. The van der Waals surface area contributed by atoms with Crippen LogP contribution < -0.4 is 10.9 Å². The number of amides is 1. The molecule has 3 aromatic rings. The number of nitrogens with zero attached hydrogens (tertiary/aromatic N) is 5. The molecule has 1 aliphatic rings. The van der Waals surface area contributed by atoms with Gasteiger partial charge in [-0.2, -0.15) is 5.10 Å². The van der Waals surface area contributed by atoms with Gasteiger partial charge in [-0.05, 0) is 38.4 Å². The number of aromatic nitrogens is 4. The Hall–Kier alpha value is -2.72. The molecule has 10 heteroatoms. The van der Waals surface area contributed by atoms with Crippen LogP contribution in [0, 0.1) is 5.82 Å². The minimum absolute atomic E-state index is 0.0840. The largest absolute Gasteiger partial charge is 0.355 e. The number of carbonyl (C=O) groups is 1. The Labute approximate surface area is 170 Å². The van der Waals surface area contributed by atoms with Gasteiger partial charge in [0, 0.05) is 25.3 Å². The molecule has 1 amide bonds. The number of thioether (sulfide) groups is 1. The zero-order valence-electron chi connectivity index (χ0n) is 16.1. The van der Waals surface area contributed by atoms with Gasteiger partial charge < -0.3 is 10.2 Å². The molecule has 2 aromatic heterocycles. The fourth-order valence-electron chi connectivity index (χ4n) is 3.26. The Morgan fingerprint density at radius 3 is 2.83 bits per heavy atom.